The Morgan fingerprint density at radius 2 is 2.18 bits per heavy atom. The molecule has 116 valence electrons. The third kappa shape index (κ3) is 2.69. The van der Waals surface area contributed by atoms with Gasteiger partial charge >= 0.3 is 0 Å². The number of hydrogen-bond acceptors (Lipinski definition) is 3. The Labute approximate surface area is 132 Å². The van der Waals surface area contributed by atoms with Crippen molar-refractivity contribution < 1.29 is 5.11 Å². The summed E-state index contributed by atoms with van der Waals surface area (Å²) < 4.78 is 0. The largest absolute Gasteiger partial charge is 0.507 e. The van der Waals surface area contributed by atoms with Gasteiger partial charge in [0, 0.05) is 23.3 Å². The number of phenols is 1. The van der Waals surface area contributed by atoms with Gasteiger partial charge in [0.1, 0.15) is 5.75 Å². The maximum atomic E-state index is 10.3. The minimum atomic E-state index is 0.0693. The summed E-state index contributed by atoms with van der Waals surface area (Å²) in [5.41, 5.74) is 11.6. The summed E-state index contributed by atoms with van der Waals surface area (Å²) in [7, 11) is 0. The van der Waals surface area contributed by atoms with Gasteiger partial charge in [-0.25, -0.2) is 0 Å². The predicted molar refractivity (Wildman–Crippen MR) is 90.5 cm³/mol. The third-order valence-corrected chi connectivity index (χ3v) is 4.66. The molecule has 0 saturated carbocycles. The van der Waals surface area contributed by atoms with Crippen LogP contribution in [0, 0.1) is 6.92 Å². The molecule has 3 rings (SSSR count). The summed E-state index contributed by atoms with van der Waals surface area (Å²) in [6.45, 7) is 4.02. The lowest BCUT2D eigenvalue weighted by molar-refractivity contribution is 0.436. The number of aromatic hydroxyl groups is 1. The van der Waals surface area contributed by atoms with Gasteiger partial charge in [-0.1, -0.05) is 36.4 Å². The topological polar surface area (TPSA) is 58.3 Å². The number of nitrogens with one attached hydrogen (secondary N) is 1. The number of nitrogens with two attached hydrogens (primary N) is 1. The number of phenolic OH excluding ortho intramolecular Hbond substituents is 1. The molecule has 0 aliphatic heterocycles. The molecule has 0 spiro atoms. The van der Waals surface area contributed by atoms with Crippen LogP contribution in [0.25, 0.3) is 0 Å². The van der Waals surface area contributed by atoms with Gasteiger partial charge in [0.25, 0.3) is 0 Å². The van der Waals surface area contributed by atoms with Crippen molar-refractivity contribution in [3.8, 4) is 5.75 Å². The average Bonchev–Trinajstić information content (AvgIpc) is 2.50. The van der Waals surface area contributed by atoms with Gasteiger partial charge in [0.05, 0.1) is 0 Å². The van der Waals surface area contributed by atoms with Crippen LogP contribution >= 0.6 is 0 Å². The van der Waals surface area contributed by atoms with E-state index in [0.717, 1.165) is 36.1 Å². The lowest BCUT2D eigenvalue weighted by atomic mass is 9.84. The van der Waals surface area contributed by atoms with Gasteiger partial charge in [-0.05, 0) is 49.8 Å². The Kier molecular flexibility index (Phi) is 4.08. The molecule has 1 aromatic carbocycles. The van der Waals surface area contributed by atoms with E-state index >= 15 is 0 Å². The highest BCUT2D eigenvalue weighted by atomic mass is 16.3. The van der Waals surface area contributed by atoms with Crippen molar-refractivity contribution in [3.05, 3.63) is 64.4 Å². The van der Waals surface area contributed by atoms with Gasteiger partial charge in [0.15, 0.2) is 0 Å². The Morgan fingerprint density at radius 1 is 1.36 bits per heavy atom. The zero-order valence-electron chi connectivity index (χ0n) is 13.3. The first-order chi connectivity index (χ1) is 10.6. The Hall–Kier alpha value is -2.00. The first-order valence-corrected chi connectivity index (χ1v) is 7.98. The van der Waals surface area contributed by atoms with Crippen LogP contribution < -0.4 is 11.1 Å². The van der Waals surface area contributed by atoms with Gasteiger partial charge in [-0.2, -0.15) is 0 Å². The fourth-order valence-corrected chi connectivity index (χ4v) is 3.45. The molecule has 0 heterocycles. The maximum absolute atomic E-state index is 10.3. The fraction of sp³-hybridized carbons (Fsp3) is 0.368. The van der Waals surface area contributed by atoms with Crippen molar-refractivity contribution in [2.75, 3.05) is 0 Å². The van der Waals surface area contributed by atoms with E-state index in [4.69, 9.17) is 5.73 Å². The molecular weight excluding hydrogens is 272 g/mol. The van der Waals surface area contributed by atoms with Crippen molar-refractivity contribution in [1.29, 1.82) is 0 Å². The maximum Gasteiger partial charge on any atom is 0.123 e. The zero-order valence-corrected chi connectivity index (χ0v) is 13.3. The van der Waals surface area contributed by atoms with E-state index in [1.807, 2.05) is 25.1 Å². The molecule has 2 atom stereocenters. The first-order valence-electron chi connectivity index (χ1n) is 7.98. The van der Waals surface area contributed by atoms with E-state index in [9.17, 15) is 5.11 Å². The zero-order chi connectivity index (χ0) is 15.7. The second-order valence-corrected chi connectivity index (χ2v) is 6.23. The molecule has 0 aromatic heterocycles. The molecule has 0 fully saturated rings. The summed E-state index contributed by atoms with van der Waals surface area (Å²) in [6, 6.07) is 6.18. The molecule has 2 aliphatic rings. The number of para-hydroxylation sites is 1. The quantitative estimate of drug-likeness (QED) is 0.798. The summed E-state index contributed by atoms with van der Waals surface area (Å²) in [5, 5.41) is 13.9. The van der Waals surface area contributed by atoms with Gasteiger partial charge in [-0.3, -0.25) is 0 Å². The number of aryl methyl sites for hydroxylation is 1. The summed E-state index contributed by atoms with van der Waals surface area (Å²) >= 11 is 0. The Morgan fingerprint density at radius 3 is 3.00 bits per heavy atom. The van der Waals surface area contributed by atoms with E-state index in [1.165, 1.54) is 11.1 Å². The first kappa shape index (κ1) is 14.9. The highest BCUT2D eigenvalue weighted by Crippen LogP contribution is 2.33. The molecule has 4 N–H and O–H groups in total. The second-order valence-electron chi connectivity index (χ2n) is 6.23. The summed E-state index contributed by atoms with van der Waals surface area (Å²) in [4.78, 5) is 0. The molecule has 0 saturated heterocycles. The van der Waals surface area contributed by atoms with Crippen molar-refractivity contribution in [2.24, 2.45) is 5.73 Å². The monoisotopic (exact) mass is 296 g/mol. The van der Waals surface area contributed by atoms with E-state index < -0.39 is 0 Å². The number of rotatable bonds is 3. The molecule has 0 amide bonds. The molecule has 22 heavy (non-hydrogen) atoms. The van der Waals surface area contributed by atoms with Crippen LogP contribution in [0.4, 0.5) is 0 Å². The van der Waals surface area contributed by atoms with Gasteiger partial charge in [-0.15, -0.1) is 0 Å². The van der Waals surface area contributed by atoms with Crippen LogP contribution in [0.2, 0.25) is 0 Å². The minimum Gasteiger partial charge on any atom is -0.507 e. The SMILES string of the molecule is Cc1cccc(C(C)NC2CC=CC3=C2C(N)=CCC3)c1O. The van der Waals surface area contributed by atoms with Crippen LogP contribution in [0.5, 0.6) is 5.75 Å². The van der Waals surface area contributed by atoms with E-state index in [2.05, 4.69) is 30.5 Å². The van der Waals surface area contributed by atoms with E-state index in [1.54, 1.807) is 0 Å². The normalized spacial score (nSPS) is 22.3. The van der Waals surface area contributed by atoms with Crippen LogP contribution in [-0.2, 0) is 0 Å². The van der Waals surface area contributed by atoms with Crippen molar-refractivity contribution in [2.45, 2.75) is 45.2 Å². The lowest BCUT2D eigenvalue weighted by Gasteiger charge is -2.31. The van der Waals surface area contributed by atoms with E-state index in [-0.39, 0.29) is 12.1 Å². The Bertz CT molecular complexity index is 670. The van der Waals surface area contributed by atoms with Crippen molar-refractivity contribution in [1.82, 2.24) is 5.32 Å². The molecule has 3 nitrogen and oxygen atoms in total. The lowest BCUT2D eigenvalue weighted by Crippen LogP contribution is -2.37. The summed E-state index contributed by atoms with van der Waals surface area (Å²) in [5.74, 6) is 0.384. The van der Waals surface area contributed by atoms with Gasteiger partial charge in [0.2, 0.25) is 0 Å². The average molecular weight is 296 g/mol. The molecule has 3 heteroatoms. The minimum absolute atomic E-state index is 0.0693. The second kappa shape index (κ2) is 6.01. The van der Waals surface area contributed by atoms with Crippen LogP contribution in [0.3, 0.4) is 0 Å². The number of benzene rings is 1. The van der Waals surface area contributed by atoms with Crippen molar-refractivity contribution in [3.63, 3.8) is 0 Å². The number of hydrogen-bond donors (Lipinski definition) is 3. The predicted octanol–water partition coefficient (Wildman–Crippen LogP) is 3.61. The molecular formula is C19H24N2O. The number of allylic oxidation sites excluding steroid dienone is 3. The molecule has 2 unspecified atom stereocenters. The van der Waals surface area contributed by atoms with Crippen LogP contribution in [0.1, 0.15) is 43.4 Å². The van der Waals surface area contributed by atoms with E-state index in [0.29, 0.717) is 5.75 Å². The highest BCUT2D eigenvalue weighted by Gasteiger charge is 2.25. The third-order valence-electron chi connectivity index (χ3n) is 4.66. The standard InChI is InChI=1S/C19H24N2O/c1-12-6-3-9-15(19(12)22)13(2)21-17-11-5-8-14-7-4-10-16(20)18(14)17/h3,5-6,8-10,13,17,21-22H,4,7,11,20H2,1-2H3. The van der Waals surface area contributed by atoms with Crippen LogP contribution in [0.15, 0.2) is 53.3 Å². The molecule has 0 bridgehead atoms. The van der Waals surface area contributed by atoms with Crippen LogP contribution in [-0.4, -0.2) is 11.1 Å². The van der Waals surface area contributed by atoms with Crippen molar-refractivity contribution >= 4 is 0 Å². The van der Waals surface area contributed by atoms with Gasteiger partial charge < -0.3 is 16.2 Å². The molecule has 1 aromatic rings. The highest BCUT2D eigenvalue weighted by molar-refractivity contribution is 5.48. The summed E-state index contributed by atoms with van der Waals surface area (Å²) in [6.07, 6.45) is 9.58. The fourth-order valence-electron chi connectivity index (χ4n) is 3.45. The molecule has 2 aliphatic carbocycles. The smallest absolute Gasteiger partial charge is 0.123 e. The Balaban J connectivity index is 1.84. The molecule has 0 radical (unpaired) electrons.